The Bertz CT molecular complexity index is 972. The maximum absolute atomic E-state index is 10.4. The molecule has 1 aromatic heterocycles. The summed E-state index contributed by atoms with van der Waals surface area (Å²) in [5, 5.41) is 15.3. The van der Waals surface area contributed by atoms with Crippen LogP contribution in [0.25, 0.3) is 5.69 Å². The quantitative estimate of drug-likeness (QED) is 0.414. The number of aryl methyl sites for hydroxylation is 1. The molecule has 0 spiro atoms. The van der Waals surface area contributed by atoms with E-state index >= 15 is 0 Å². The van der Waals surface area contributed by atoms with Gasteiger partial charge in [-0.2, -0.15) is 5.10 Å². The van der Waals surface area contributed by atoms with Crippen LogP contribution in [-0.4, -0.2) is 46.1 Å². The number of benzene rings is 2. The molecule has 1 N–H and O–H groups in total. The van der Waals surface area contributed by atoms with Crippen molar-refractivity contribution in [3.63, 3.8) is 0 Å². The summed E-state index contributed by atoms with van der Waals surface area (Å²) in [6.07, 6.45) is 2.45. The summed E-state index contributed by atoms with van der Waals surface area (Å²) in [7, 11) is 1.65. The Morgan fingerprint density at radius 3 is 2.47 bits per heavy atom. The highest BCUT2D eigenvalue weighted by Gasteiger charge is 2.22. The second-order valence-corrected chi connectivity index (χ2v) is 8.08. The van der Waals surface area contributed by atoms with Gasteiger partial charge in [-0.25, -0.2) is 4.68 Å². The van der Waals surface area contributed by atoms with Gasteiger partial charge in [0.2, 0.25) is 5.88 Å². The Balaban J connectivity index is 1.99. The third-order valence-corrected chi connectivity index (χ3v) is 5.41. The lowest BCUT2D eigenvalue weighted by atomic mass is 10.1. The number of nitrogens with zero attached hydrogens (tertiary/aromatic N) is 3. The molecule has 2 aromatic carbocycles. The van der Waals surface area contributed by atoms with Gasteiger partial charge in [0, 0.05) is 19.2 Å². The normalized spacial score (nSPS) is 12.2. The molecule has 0 fully saturated rings. The van der Waals surface area contributed by atoms with Crippen molar-refractivity contribution in [1.82, 2.24) is 14.7 Å². The Morgan fingerprint density at radius 1 is 1.03 bits per heavy atom. The van der Waals surface area contributed by atoms with Crippen LogP contribution in [0.1, 0.15) is 44.4 Å². The third-order valence-electron chi connectivity index (χ3n) is 5.41. The Morgan fingerprint density at radius 2 is 1.78 bits per heavy atom. The molecule has 1 atom stereocenters. The molecule has 3 aromatic rings. The summed E-state index contributed by atoms with van der Waals surface area (Å²) < 4.78 is 13.6. The lowest BCUT2D eigenvalue weighted by Gasteiger charge is -2.25. The average Bonchev–Trinajstić information content (AvgIpc) is 3.10. The Hall–Kier alpha value is -2.83. The van der Waals surface area contributed by atoms with Crippen LogP contribution in [0.15, 0.2) is 54.6 Å². The van der Waals surface area contributed by atoms with Crippen molar-refractivity contribution in [2.45, 2.75) is 52.7 Å². The van der Waals surface area contributed by atoms with Gasteiger partial charge in [0.25, 0.3) is 0 Å². The summed E-state index contributed by atoms with van der Waals surface area (Å²) in [6, 6.07) is 17.6. The van der Waals surface area contributed by atoms with Gasteiger partial charge in [-0.05, 0) is 50.6 Å². The van der Waals surface area contributed by atoms with E-state index in [1.54, 1.807) is 7.11 Å². The van der Waals surface area contributed by atoms with Crippen molar-refractivity contribution < 1.29 is 14.6 Å². The van der Waals surface area contributed by atoms with Gasteiger partial charge in [0.1, 0.15) is 11.5 Å². The van der Waals surface area contributed by atoms with Crippen molar-refractivity contribution in [1.29, 1.82) is 0 Å². The van der Waals surface area contributed by atoms with E-state index in [4.69, 9.17) is 14.6 Å². The van der Waals surface area contributed by atoms with Crippen LogP contribution in [0.4, 0.5) is 0 Å². The molecule has 0 saturated carbocycles. The molecular weight excluding hydrogens is 402 g/mol. The Labute approximate surface area is 191 Å². The fourth-order valence-electron chi connectivity index (χ4n) is 3.84. The first-order valence-electron chi connectivity index (χ1n) is 11.4. The molecular formula is C26H35N3O3. The predicted octanol–water partition coefficient (Wildman–Crippen LogP) is 5.35. The van der Waals surface area contributed by atoms with E-state index in [-0.39, 0.29) is 6.10 Å². The second-order valence-electron chi connectivity index (χ2n) is 8.08. The topological polar surface area (TPSA) is 59.8 Å². The molecule has 0 aliphatic carbocycles. The van der Waals surface area contributed by atoms with Gasteiger partial charge < -0.3 is 14.6 Å². The first-order chi connectivity index (χ1) is 15.5. The number of aliphatic hydroxyl groups is 1. The van der Waals surface area contributed by atoms with E-state index in [9.17, 15) is 5.11 Å². The number of para-hydroxylation sites is 1. The molecule has 1 heterocycles. The maximum Gasteiger partial charge on any atom is 0.227 e. The molecule has 6 nitrogen and oxygen atoms in total. The SMILES string of the molecule is CCC[C@H](O)CN(CCC)Cc1c(C)nn(-c2ccccc2)c1Oc1cccc(OC)c1. The van der Waals surface area contributed by atoms with Gasteiger partial charge in [-0.3, -0.25) is 4.90 Å². The van der Waals surface area contributed by atoms with Crippen LogP contribution in [0.5, 0.6) is 17.4 Å². The van der Waals surface area contributed by atoms with E-state index < -0.39 is 0 Å². The maximum atomic E-state index is 10.4. The number of methoxy groups -OCH3 is 1. The van der Waals surface area contributed by atoms with Crippen molar-refractivity contribution in [2.24, 2.45) is 0 Å². The molecule has 0 bridgehead atoms. The second kappa shape index (κ2) is 11.7. The van der Waals surface area contributed by atoms with Crippen molar-refractivity contribution in [3.05, 3.63) is 65.9 Å². The largest absolute Gasteiger partial charge is 0.497 e. The predicted molar refractivity (Wildman–Crippen MR) is 128 cm³/mol. The van der Waals surface area contributed by atoms with Crippen molar-refractivity contribution in [2.75, 3.05) is 20.2 Å². The highest BCUT2D eigenvalue weighted by Crippen LogP contribution is 2.33. The standard InChI is InChI=1S/C26H35N3O3/c1-5-11-22(30)18-28(16-6-2)19-25-20(3)27-29(21-12-8-7-9-13-21)26(25)32-24-15-10-14-23(17-24)31-4/h7-10,12-15,17,22,30H,5-6,11,16,18-19H2,1-4H3/t22-/m0/s1. The molecule has 3 rings (SSSR count). The van der Waals surface area contributed by atoms with E-state index in [0.29, 0.717) is 24.7 Å². The van der Waals surface area contributed by atoms with E-state index in [0.717, 1.165) is 48.5 Å². The van der Waals surface area contributed by atoms with E-state index in [1.807, 2.05) is 66.2 Å². The van der Waals surface area contributed by atoms with Crippen molar-refractivity contribution in [3.8, 4) is 23.1 Å². The summed E-state index contributed by atoms with van der Waals surface area (Å²) in [5.74, 6) is 2.12. The summed E-state index contributed by atoms with van der Waals surface area (Å²) in [4.78, 5) is 2.29. The van der Waals surface area contributed by atoms with Crippen molar-refractivity contribution >= 4 is 0 Å². The molecule has 0 saturated heterocycles. The molecule has 0 aliphatic heterocycles. The van der Waals surface area contributed by atoms with Crippen LogP contribution in [0.3, 0.4) is 0 Å². The van der Waals surface area contributed by atoms with E-state index in [1.165, 1.54) is 0 Å². The zero-order valence-electron chi connectivity index (χ0n) is 19.6. The van der Waals surface area contributed by atoms with Crippen LogP contribution in [0, 0.1) is 6.92 Å². The fraction of sp³-hybridized carbons (Fsp3) is 0.423. The van der Waals surface area contributed by atoms with Crippen LogP contribution >= 0.6 is 0 Å². The Kier molecular flexibility index (Phi) is 8.71. The number of rotatable bonds is 12. The highest BCUT2D eigenvalue weighted by atomic mass is 16.5. The van der Waals surface area contributed by atoms with Crippen LogP contribution in [0.2, 0.25) is 0 Å². The number of aromatic nitrogens is 2. The van der Waals surface area contributed by atoms with Gasteiger partial charge >= 0.3 is 0 Å². The van der Waals surface area contributed by atoms with E-state index in [2.05, 4.69) is 18.7 Å². The van der Waals surface area contributed by atoms with Crippen LogP contribution < -0.4 is 9.47 Å². The smallest absolute Gasteiger partial charge is 0.227 e. The highest BCUT2D eigenvalue weighted by molar-refractivity contribution is 5.44. The minimum absolute atomic E-state index is 0.334. The average molecular weight is 438 g/mol. The minimum atomic E-state index is -0.334. The number of ether oxygens (including phenoxy) is 2. The monoisotopic (exact) mass is 437 g/mol. The first kappa shape index (κ1) is 23.8. The molecule has 0 radical (unpaired) electrons. The number of hydrogen-bond donors (Lipinski definition) is 1. The lowest BCUT2D eigenvalue weighted by Crippen LogP contribution is -2.33. The minimum Gasteiger partial charge on any atom is -0.497 e. The van der Waals surface area contributed by atoms with Gasteiger partial charge in [-0.15, -0.1) is 0 Å². The third kappa shape index (κ3) is 6.11. The molecule has 0 aliphatic rings. The summed E-state index contributed by atoms with van der Waals surface area (Å²) in [6.45, 7) is 8.46. The van der Waals surface area contributed by atoms with Gasteiger partial charge in [-0.1, -0.05) is 44.5 Å². The summed E-state index contributed by atoms with van der Waals surface area (Å²) in [5.41, 5.74) is 2.87. The van der Waals surface area contributed by atoms with Crippen LogP contribution in [-0.2, 0) is 6.54 Å². The molecule has 32 heavy (non-hydrogen) atoms. The van der Waals surface area contributed by atoms with Gasteiger partial charge in [0.15, 0.2) is 0 Å². The summed E-state index contributed by atoms with van der Waals surface area (Å²) >= 11 is 0. The molecule has 172 valence electrons. The molecule has 0 unspecified atom stereocenters. The fourth-order valence-corrected chi connectivity index (χ4v) is 3.84. The zero-order valence-corrected chi connectivity index (χ0v) is 19.6. The first-order valence-corrected chi connectivity index (χ1v) is 11.4. The molecule has 6 heteroatoms. The zero-order chi connectivity index (χ0) is 22.9. The van der Waals surface area contributed by atoms with Gasteiger partial charge in [0.05, 0.1) is 30.2 Å². The molecule has 0 amide bonds. The number of hydrogen-bond acceptors (Lipinski definition) is 5. The lowest BCUT2D eigenvalue weighted by molar-refractivity contribution is 0.100. The number of aliphatic hydroxyl groups excluding tert-OH is 1.